The number of hydrogen-bond acceptors (Lipinski definition) is 0. The Labute approximate surface area is 116 Å². The summed E-state index contributed by atoms with van der Waals surface area (Å²) in [4.78, 5) is 0. The molecule has 0 aliphatic carbocycles. The van der Waals surface area contributed by atoms with Crippen LogP contribution in [0.15, 0.2) is 18.2 Å². The molecule has 1 aromatic carbocycles. The van der Waals surface area contributed by atoms with Crippen molar-refractivity contribution in [3.63, 3.8) is 0 Å². The summed E-state index contributed by atoms with van der Waals surface area (Å²) in [5, 5.41) is -1.20. The van der Waals surface area contributed by atoms with E-state index in [4.69, 9.17) is 23.5 Å². The topological polar surface area (TPSA) is 0 Å². The molecule has 6 radical (unpaired) electrons. The van der Waals surface area contributed by atoms with Gasteiger partial charge in [0.15, 0.2) is 0 Å². The molecule has 0 unspecified atom stereocenters. The van der Waals surface area contributed by atoms with Crippen LogP contribution in [-0.2, 0) is 15.9 Å². The zero-order valence-corrected chi connectivity index (χ0v) is 12.5. The van der Waals surface area contributed by atoms with E-state index in [1.165, 1.54) is 0 Å². The Hall–Kier alpha value is -0.585. The van der Waals surface area contributed by atoms with Gasteiger partial charge in [-0.1, -0.05) is 76.4 Å². The van der Waals surface area contributed by atoms with Crippen LogP contribution in [0.4, 0.5) is 0 Å². The first-order valence-corrected chi connectivity index (χ1v) is 6.35. The van der Waals surface area contributed by atoms with Gasteiger partial charge in [0.1, 0.15) is 0 Å². The van der Waals surface area contributed by atoms with E-state index in [1.807, 2.05) is 41.5 Å². The summed E-state index contributed by atoms with van der Waals surface area (Å²) in [6, 6.07) is 6.24. The first kappa shape index (κ1) is 15.5. The van der Waals surface area contributed by atoms with Crippen LogP contribution in [0.3, 0.4) is 0 Å². The van der Waals surface area contributed by atoms with Crippen LogP contribution in [-0.4, -0.2) is 23.5 Å². The molecular weight excluding hydrogens is 213 g/mol. The minimum Gasteiger partial charge on any atom is -0.0639 e. The predicted molar refractivity (Wildman–Crippen MR) is 82.8 cm³/mol. The van der Waals surface area contributed by atoms with Crippen LogP contribution in [0.2, 0.25) is 0 Å². The Morgan fingerprint density at radius 1 is 0.556 bits per heavy atom. The monoisotopic (exact) mass is 234 g/mol. The first-order valence-electron chi connectivity index (χ1n) is 6.35. The minimum absolute atomic E-state index is 0.402. The van der Waals surface area contributed by atoms with Crippen molar-refractivity contribution >= 4 is 23.5 Å². The van der Waals surface area contributed by atoms with Crippen molar-refractivity contribution < 1.29 is 0 Å². The SMILES string of the molecule is [B]C(C)(C)c1cc(C([B])(C)C)cc(C([B])(C)C)c1. The highest BCUT2D eigenvalue weighted by Gasteiger charge is 2.23. The second-order valence-corrected chi connectivity index (χ2v) is 6.96. The van der Waals surface area contributed by atoms with Crippen molar-refractivity contribution in [2.75, 3.05) is 0 Å². The van der Waals surface area contributed by atoms with Crippen molar-refractivity contribution in [2.45, 2.75) is 57.5 Å². The molecule has 1 rings (SSSR count). The van der Waals surface area contributed by atoms with Gasteiger partial charge in [0.05, 0.1) is 23.5 Å². The summed E-state index contributed by atoms with van der Waals surface area (Å²) < 4.78 is 0. The van der Waals surface area contributed by atoms with Gasteiger partial charge in [-0.3, -0.25) is 0 Å². The van der Waals surface area contributed by atoms with Gasteiger partial charge in [0, 0.05) is 0 Å². The van der Waals surface area contributed by atoms with Crippen LogP contribution in [0.25, 0.3) is 0 Å². The second-order valence-electron chi connectivity index (χ2n) is 6.96. The van der Waals surface area contributed by atoms with E-state index < -0.39 is 15.9 Å². The summed E-state index contributed by atoms with van der Waals surface area (Å²) in [5.74, 6) is 0. The number of benzene rings is 1. The van der Waals surface area contributed by atoms with Crippen LogP contribution in [0.1, 0.15) is 58.2 Å². The van der Waals surface area contributed by atoms with Crippen molar-refractivity contribution in [2.24, 2.45) is 0 Å². The molecule has 0 nitrogen and oxygen atoms in total. The normalized spacial score (nSPS) is 13.7. The molecular formula is C15H21B3. The third-order valence-corrected chi connectivity index (χ3v) is 3.17. The van der Waals surface area contributed by atoms with Crippen LogP contribution < -0.4 is 0 Å². The molecule has 18 heavy (non-hydrogen) atoms. The summed E-state index contributed by atoms with van der Waals surface area (Å²) in [7, 11) is 18.6. The van der Waals surface area contributed by atoms with Gasteiger partial charge < -0.3 is 0 Å². The van der Waals surface area contributed by atoms with Gasteiger partial charge in [-0.2, -0.15) is 0 Å². The smallest absolute Gasteiger partial charge is 0.0639 e. The van der Waals surface area contributed by atoms with E-state index in [1.54, 1.807) is 0 Å². The molecule has 90 valence electrons. The number of hydrogen-bond donors (Lipinski definition) is 0. The lowest BCUT2D eigenvalue weighted by molar-refractivity contribution is 0.708. The molecule has 0 amide bonds. The Bertz CT molecular complexity index is 350. The standard InChI is InChI=1S/C15H21B3/c1-13(2,16)10-7-11(14(3,4)17)9-12(8-10)15(5,6)18/h7-9H,1-6H3. The molecule has 0 heterocycles. The molecule has 0 aliphatic rings. The third-order valence-electron chi connectivity index (χ3n) is 3.17. The molecule has 0 spiro atoms. The Kier molecular flexibility index (Phi) is 3.87. The summed E-state index contributed by atoms with van der Waals surface area (Å²) in [6.07, 6.45) is 0. The second kappa shape index (κ2) is 4.51. The zero-order valence-electron chi connectivity index (χ0n) is 12.5. The molecule has 0 saturated carbocycles. The minimum atomic E-state index is -0.402. The van der Waals surface area contributed by atoms with Gasteiger partial charge >= 0.3 is 0 Å². The molecule has 0 bridgehead atoms. The lowest BCUT2D eigenvalue weighted by atomic mass is 9.60. The quantitative estimate of drug-likeness (QED) is 0.705. The first-order chi connectivity index (χ1) is 7.82. The van der Waals surface area contributed by atoms with Gasteiger partial charge in [-0.05, 0) is 15.9 Å². The van der Waals surface area contributed by atoms with Crippen LogP contribution in [0, 0.1) is 0 Å². The fourth-order valence-corrected chi connectivity index (χ4v) is 1.74. The van der Waals surface area contributed by atoms with Crippen molar-refractivity contribution in [3.05, 3.63) is 34.9 Å². The van der Waals surface area contributed by atoms with E-state index in [2.05, 4.69) is 18.2 Å². The van der Waals surface area contributed by atoms with Gasteiger partial charge in [-0.25, -0.2) is 0 Å². The molecule has 0 fully saturated rings. The molecule has 0 saturated heterocycles. The third kappa shape index (κ3) is 3.70. The lowest BCUT2D eigenvalue weighted by Gasteiger charge is -2.30. The van der Waals surface area contributed by atoms with E-state index >= 15 is 0 Å². The highest BCUT2D eigenvalue weighted by Crippen LogP contribution is 2.31. The van der Waals surface area contributed by atoms with Gasteiger partial charge in [-0.15, -0.1) is 0 Å². The predicted octanol–water partition coefficient (Wildman–Crippen LogP) is 2.90. The molecule has 1 aromatic rings. The van der Waals surface area contributed by atoms with Gasteiger partial charge in [0.25, 0.3) is 0 Å². The largest absolute Gasteiger partial charge is 0.0802 e. The molecule has 0 aromatic heterocycles. The Balaban J connectivity index is 3.49. The maximum atomic E-state index is 6.20. The average molecular weight is 234 g/mol. The Morgan fingerprint density at radius 2 is 0.722 bits per heavy atom. The molecule has 3 heteroatoms. The van der Waals surface area contributed by atoms with Crippen LogP contribution in [0.5, 0.6) is 0 Å². The van der Waals surface area contributed by atoms with Crippen LogP contribution >= 0.6 is 0 Å². The number of rotatable bonds is 3. The average Bonchev–Trinajstić information content (AvgIpc) is 2.13. The van der Waals surface area contributed by atoms with Gasteiger partial charge in [0.2, 0.25) is 0 Å². The van der Waals surface area contributed by atoms with E-state index in [-0.39, 0.29) is 0 Å². The highest BCUT2D eigenvalue weighted by molar-refractivity contribution is 6.17. The summed E-state index contributed by atoms with van der Waals surface area (Å²) in [5.41, 5.74) is 3.19. The van der Waals surface area contributed by atoms with Crippen molar-refractivity contribution in [1.82, 2.24) is 0 Å². The maximum Gasteiger partial charge on any atom is 0.0802 e. The highest BCUT2D eigenvalue weighted by atomic mass is 14.2. The maximum absolute atomic E-state index is 6.20. The van der Waals surface area contributed by atoms with E-state index in [0.717, 1.165) is 16.7 Å². The zero-order chi connectivity index (χ0) is 14.4. The molecule has 0 aliphatic heterocycles. The Morgan fingerprint density at radius 3 is 0.833 bits per heavy atom. The fourth-order valence-electron chi connectivity index (χ4n) is 1.74. The van der Waals surface area contributed by atoms with Crippen molar-refractivity contribution in [1.29, 1.82) is 0 Å². The van der Waals surface area contributed by atoms with E-state index in [0.29, 0.717) is 0 Å². The lowest BCUT2D eigenvalue weighted by Crippen LogP contribution is -2.25. The molecule has 0 N–H and O–H groups in total. The van der Waals surface area contributed by atoms with Crippen molar-refractivity contribution in [3.8, 4) is 0 Å². The van der Waals surface area contributed by atoms with E-state index in [9.17, 15) is 0 Å². The fraction of sp³-hybridized carbons (Fsp3) is 0.600. The summed E-state index contributed by atoms with van der Waals surface area (Å²) in [6.45, 7) is 11.9. The summed E-state index contributed by atoms with van der Waals surface area (Å²) >= 11 is 0. The molecule has 0 atom stereocenters.